The van der Waals surface area contributed by atoms with E-state index in [0.717, 1.165) is 12.0 Å². The topological polar surface area (TPSA) is 134 Å². The number of benzene rings is 2. The molecule has 2 aliphatic rings. The highest BCUT2D eigenvalue weighted by Crippen LogP contribution is 2.32. The lowest BCUT2D eigenvalue weighted by Crippen LogP contribution is -2.40. The highest BCUT2D eigenvalue weighted by Gasteiger charge is 2.30. The van der Waals surface area contributed by atoms with E-state index in [2.05, 4.69) is 20.6 Å². The summed E-state index contributed by atoms with van der Waals surface area (Å²) in [5.74, 6) is 0.898. The van der Waals surface area contributed by atoms with E-state index in [0.29, 0.717) is 58.5 Å². The molecule has 10 nitrogen and oxygen atoms in total. The maximum absolute atomic E-state index is 13.2. The molecule has 1 aliphatic heterocycles. The van der Waals surface area contributed by atoms with E-state index >= 15 is 0 Å². The molecule has 1 fully saturated rings. The Morgan fingerprint density at radius 3 is 2.85 bits per heavy atom. The third kappa shape index (κ3) is 6.08. The van der Waals surface area contributed by atoms with Crippen molar-refractivity contribution >= 4 is 35.1 Å². The average molecular weight is 564 g/mol. The second kappa shape index (κ2) is 12.0. The molecule has 2 aromatic carbocycles. The van der Waals surface area contributed by atoms with Gasteiger partial charge in [0.1, 0.15) is 18.1 Å². The van der Waals surface area contributed by atoms with Crippen LogP contribution in [0, 0.1) is 5.92 Å². The van der Waals surface area contributed by atoms with Gasteiger partial charge in [-0.3, -0.25) is 14.4 Å². The summed E-state index contributed by atoms with van der Waals surface area (Å²) in [6.07, 6.45) is 3.55. The molecule has 0 bridgehead atoms. The van der Waals surface area contributed by atoms with Crippen LogP contribution in [0.4, 0.5) is 5.95 Å². The maximum atomic E-state index is 13.2. The number of halogens is 1. The molecular formula is C29H30ClN5O5. The van der Waals surface area contributed by atoms with Crippen molar-refractivity contribution in [3.05, 3.63) is 70.4 Å². The van der Waals surface area contributed by atoms with Gasteiger partial charge in [0.2, 0.25) is 11.9 Å². The first-order valence-electron chi connectivity index (χ1n) is 13.1. The number of fused-ring (bicyclic) bond motifs is 1. The van der Waals surface area contributed by atoms with Crippen LogP contribution in [0.2, 0.25) is 5.02 Å². The second-order valence-electron chi connectivity index (χ2n) is 10.0. The summed E-state index contributed by atoms with van der Waals surface area (Å²) >= 11 is 6.42. The molecule has 0 radical (unpaired) electrons. The standard InChI is InChI=1S/C29H30ClN5O5/c1-40-22-4-2-3-18(10-22)25(16-36)33-26(38)15-35-14-20-7-6-19(11-23(20)28(35)39)27-24(30)13-32-29(34-27)31-12-17-5-8-21(37)9-17/h2-4,6-7,10-11,13,17,25,36H,5,8-9,12,14-16H2,1H3,(H,33,38)(H,31,32,34)/t17?,25-/m1/s1. The van der Waals surface area contributed by atoms with Crippen LogP contribution in [0.3, 0.4) is 0 Å². The van der Waals surface area contributed by atoms with Gasteiger partial charge >= 0.3 is 0 Å². The van der Waals surface area contributed by atoms with Crippen molar-refractivity contribution in [1.29, 1.82) is 0 Å². The first kappa shape index (κ1) is 27.5. The SMILES string of the molecule is COc1cccc([C@@H](CO)NC(=O)CN2Cc3ccc(-c4nc(NCC5CCC(=O)C5)ncc4Cl)cc3C2=O)c1. The number of ether oxygens (including phenoxy) is 1. The number of aliphatic hydroxyl groups excluding tert-OH is 1. The van der Waals surface area contributed by atoms with E-state index < -0.39 is 6.04 Å². The summed E-state index contributed by atoms with van der Waals surface area (Å²) < 4.78 is 5.23. The molecular weight excluding hydrogens is 534 g/mol. The minimum absolute atomic E-state index is 0.157. The average Bonchev–Trinajstić information content (AvgIpc) is 3.52. The Balaban J connectivity index is 1.25. The van der Waals surface area contributed by atoms with Crippen molar-refractivity contribution in [2.24, 2.45) is 5.92 Å². The maximum Gasteiger partial charge on any atom is 0.254 e. The van der Waals surface area contributed by atoms with E-state index in [4.69, 9.17) is 16.3 Å². The van der Waals surface area contributed by atoms with E-state index in [1.807, 2.05) is 12.1 Å². The molecule has 3 N–H and O–H groups in total. The Morgan fingerprint density at radius 2 is 2.10 bits per heavy atom. The predicted octanol–water partition coefficient (Wildman–Crippen LogP) is 3.39. The van der Waals surface area contributed by atoms with Crippen LogP contribution >= 0.6 is 11.6 Å². The lowest BCUT2D eigenvalue weighted by molar-refractivity contribution is -0.123. The number of amides is 2. The zero-order chi connectivity index (χ0) is 28.2. The molecule has 5 rings (SSSR count). The fourth-order valence-corrected chi connectivity index (χ4v) is 5.30. The fourth-order valence-electron chi connectivity index (χ4n) is 5.10. The highest BCUT2D eigenvalue weighted by molar-refractivity contribution is 6.33. The summed E-state index contributed by atoms with van der Waals surface area (Å²) in [7, 11) is 1.55. The quantitative estimate of drug-likeness (QED) is 0.342. The summed E-state index contributed by atoms with van der Waals surface area (Å²) in [6.45, 7) is 0.428. The highest BCUT2D eigenvalue weighted by atomic mass is 35.5. The number of rotatable bonds is 10. The van der Waals surface area contributed by atoms with E-state index in [-0.39, 0.29) is 43.2 Å². The summed E-state index contributed by atoms with van der Waals surface area (Å²) in [5, 5.41) is 16.2. The summed E-state index contributed by atoms with van der Waals surface area (Å²) in [5.41, 5.74) is 3.11. The Kier molecular flexibility index (Phi) is 8.27. The summed E-state index contributed by atoms with van der Waals surface area (Å²) in [6, 6.07) is 11.9. The lowest BCUT2D eigenvalue weighted by Gasteiger charge is -2.20. The first-order chi connectivity index (χ1) is 19.3. The minimum atomic E-state index is -0.633. The van der Waals surface area contributed by atoms with Gasteiger partial charge in [-0.05, 0) is 41.7 Å². The van der Waals surface area contributed by atoms with Crippen LogP contribution in [-0.4, -0.2) is 64.4 Å². The number of anilines is 1. The number of hydrogen-bond donors (Lipinski definition) is 3. The van der Waals surface area contributed by atoms with Gasteiger partial charge in [-0.2, -0.15) is 0 Å². The van der Waals surface area contributed by atoms with Crippen LogP contribution < -0.4 is 15.4 Å². The Labute approximate surface area is 236 Å². The van der Waals surface area contributed by atoms with Crippen molar-refractivity contribution in [1.82, 2.24) is 20.2 Å². The predicted molar refractivity (Wildman–Crippen MR) is 149 cm³/mol. The number of carbonyl (C=O) groups excluding carboxylic acids is 3. The fraction of sp³-hybridized carbons (Fsp3) is 0.345. The van der Waals surface area contributed by atoms with Gasteiger partial charge in [0, 0.05) is 37.1 Å². The van der Waals surface area contributed by atoms with Crippen molar-refractivity contribution in [3.8, 4) is 17.0 Å². The van der Waals surface area contributed by atoms with Gasteiger partial charge in [0.05, 0.1) is 36.7 Å². The van der Waals surface area contributed by atoms with Crippen molar-refractivity contribution in [3.63, 3.8) is 0 Å². The van der Waals surface area contributed by atoms with Crippen molar-refractivity contribution < 1.29 is 24.2 Å². The second-order valence-corrected chi connectivity index (χ2v) is 10.4. The van der Waals surface area contributed by atoms with E-state index in [1.165, 1.54) is 11.1 Å². The van der Waals surface area contributed by atoms with Crippen molar-refractivity contribution in [2.75, 3.05) is 32.1 Å². The normalized spacial score (nSPS) is 17.1. The Hall–Kier alpha value is -4.02. The van der Waals surface area contributed by atoms with Gasteiger partial charge in [-0.15, -0.1) is 0 Å². The van der Waals surface area contributed by atoms with Gasteiger partial charge in [-0.25, -0.2) is 9.97 Å². The molecule has 0 saturated heterocycles. The molecule has 208 valence electrons. The summed E-state index contributed by atoms with van der Waals surface area (Å²) in [4.78, 5) is 47.9. The number of nitrogens with zero attached hydrogens (tertiary/aromatic N) is 3. The first-order valence-corrected chi connectivity index (χ1v) is 13.5. The van der Waals surface area contributed by atoms with Gasteiger partial charge < -0.3 is 25.4 Å². The molecule has 11 heteroatoms. The number of Topliss-reactive ketones (excluding diaryl/α,β-unsaturated/α-hetero) is 1. The zero-order valence-corrected chi connectivity index (χ0v) is 22.8. The number of aromatic nitrogens is 2. The Bertz CT molecular complexity index is 1450. The van der Waals surface area contributed by atoms with Crippen LogP contribution in [-0.2, 0) is 16.1 Å². The third-order valence-electron chi connectivity index (χ3n) is 7.25. The molecule has 40 heavy (non-hydrogen) atoms. The Morgan fingerprint density at radius 1 is 1.25 bits per heavy atom. The van der Waals surface area contributed by atoms with Crippen molar-refractivity contribution in [2.45, 2.75) is 31.8 Å². The van der Waals surface area contributed by atoms with Gasteiger partial charge in [-0.1, -0.05) is 35.9 Å². The van der Waals surface area contributed by atoms with Crippen LogP contribution in [0.15, 0.2) is 48.7 Å². The number of aliphatic hydroxyl groups is 1. The molecule has 0 spiro atoms. The molecule has 1 unspecified atom stereocenters. The molecule has 1 aliphatic carbocycles. The molecule has 1 saturated carbocycles. The number of nitrogens with one attached hydrogen (secondary N) is 2. The van der Waals surface area contributed by atoms with Crippen LogP contribution in [0.25, 0.3) is 11.3 Å². The zero-order valence-electron chi connectivity index (χ0n) is 22.0. The molecule has 2 heterocycles. The number of methoxy groups -OCH3 is 1. The minimum Gasteiger partial charge on any atom is -0.497 e. The van der Waals surface area contributed by atoms with Crippen LogP contribution in [0.1, 0.15) is 46.8 Å². The van der Waals surface area contributed by atoms with Crippen LogP contribution in [0.5, 0.6) is 5.75 Å². The van der Waals surface area contributed by atoms with E-state index in [9.17, 15) is 19.5 Å². The number of carbonyl (C=O) groups is 3. The number of hydrogen-bond acceptors (Lipinski definition) is 8. The smallest absolute Gasteiger partial charge is 0.254 e. The molecule has 1 aromatic heterocycles. The van der Waals surface area contributed by atoms with Gasteiger partial charge in [0.15, 0.2) is 0 Å². The van der Waals surface area contributed by atoms with Gasteiger partial charge in [0.25, 0.3) is 5.91 Å². The largest absolute Gasteiger partial charge is 0.497 e. The molecule has 3 aromatic rings. The third-order valence-corrected chi connectivity index (χ3v) is 7.53. The monoisotopic (exact) mass is 563 g/mol. The molecule has 2 amide bonds. The lowest BCUT2D eigenvalue weighted by atomic mass is 10.0. The number of ketones is 1. The van der Waals surface area contributed by atoms with E-state index in [1.54, 1.807) is 37.4 Å². The molecule has 2 atom stereocenters.